The summed E-state index contributed by atoms with van der Waals surface area (Å²) in [4.78, 5) is 24.4. The highest BCUT2D eigenvalue weighted by molar-refractivity contribution is 5.80. The van der Waals surface area contributed by atoms with Crippen LogP contribution in [0.25, 0.3) is 0 Å². The summed E-state index contributed by atoms with van der Waals surface area (Å²) in [6, 6.07) is 0. The third kappa shape index (κ3) is 19.4. The molecule has 0 aliphatic carbocycles. The first-order valence-corrected chi connectivity index (χ1v) is 13.6. The highest BCUT2D eigenvalue weighted by Crippen LogP contribution is 2.14. The van der Waals surface area contributed by atoms with Crippen LogP contribution < -0.4 is 10.6 Å². The van der Waals surface area contributed by atoms with Crippen LogP contribution in [0.1, 0.15) is 143 Å². The third-order valence-electron chi connectivity index (χ3n) is 6.40. The van der Waals surface area contributed by atoms with E-state index < -0.39 is 0 Å². The van der Waals surface area contributed by atoms with Crippen molar-refractivity contribution in [3.63, 3.8) is 0 Å². The number of hydrogen-bond donors (Lipinski definition) is 2. The zero-order valence-corrected chi connectivity index (χ0v) is 21.4. The number of amides is 2. The summed E-state index contributed by atoms with van der Waals surface area (Å²) in [7, 11) is 0. The van der Waals surface area contributed by atoms with Gasteiger partial charge in [-0.2, -0.15) is 0 Å². The molecule has 0 saturated carbocycles. The van der Waals surface area contributed by atoms with Crippen molar-refractivity contribution in [1.29, 1.82) is 0 Å². The van der Waals surface area contributed by atoms with E-state index in [4.69, 9.17) is 0 Å². The van der Waals surface area contributed by atoms with E-state index in [9.17, 15) is 9.59 Å². The lowest BCUT2D eigenvalue weighted by Gasteiger charge is -2.15. The smallest absolute Gasteiger partial charge is 0.224 e. The Bertz CT molecular complexity index is 387. The van der Waals surface area contributed by atoms with Gasteiger partial charge < -0.3 is 10.6 Å². The van der Waals surface area contributed by atoms with Crippen molar-refractivity contribution >= 4 is 11.8 Å². The molecule has 2 N–H and O–H groups in total. The van der Waals surface area contributed by atoms with Gasteiger partial charge in [-0.1, -0.05) is 130 Å². The molecule has 2 atom stereocenters. The molecular formula is C27H54N2O2. The molecule has 0 saturated heterocycles. The maximum atomic E-state index is 12.2. The summed E-state index contributed by atoms with van der Waals surface area (Å²) in [5.41, 5.74) is 0. The molecular weight excluding hydrogens is 384 g/mol. The van der Waals surface area contributed by atoms with E-state index in [0.717, 1.165) is 25.7 Å². The van der Waals surface area contributed by atoms with Crippen molar-refractivity contribution in [1.82, 2.24) is 10.6 Å². The summed E-state index contributed by atoms with van der Waals surface area (Å²) in [5, 5.41) is 5.75. The van der Waals surface area contributed by atoms with Crippen molar-refractivity contribution < 1.29 is 9.59 Å². The summed E-state index contributed by atoms with van der Waals surface area (Å²) in [6.07, 6.45) is 22.5. The van der Waals surface area contributed by atoms with Gasteiger partial charge in [-0.15, -0.1) is 0 Å². The van der Waals surface area contributed by atoms with Crippen molar-refractivity contribution in [3.8, 4) is 0 Å². The predicted molar refractivity (Wildman–Crippen MR) is 134 cm³/mol. The quantitative estimate of drug-likeness (QED) is 0.136. The van der Waals surface area contributed by atoms with E-state index >= 15 is 0 Å². The lowest BCUT2D eigenvalue weighted by atomic mass is 10.0. The molecule has 0 heterocycles. The first kappa shape index (κ1) is 29.9. The van der Waals surface area contributed by atoms with Crippen LogP contribution in [0.2, 0.25) is 0 Å². The molecule has 0 aromatic carbocycles. The lowest BCUT2D eigenvalue weighted by Crippen LogP contribution is -2.41. The van der Waals surface area contributed by atoms with E-state index in [0.29, 0.717) is 0 Å². The van der Waals surface area contributed by atoms with Crippen LogP contribution in [-0.2, 0) is 9.59 Å². The number of unbranched alkanes of at least 4 members (excludes halogenated alkanes) is 14. The highest BCUT2D eigenvalue weighted by Gasteiger charge is 2.14. The lowest BCUT2D eigenvalue weighted by molar-refractivity contribution is -0.126. The molecule has 0 spiro atoms. The molecule has 0 unspecified atom stereocenters. The fourth-order valence-electron chi connectivity index (χ4n) is 4.00. The van der Waals surface area contributed by atoms with Crippen LogP contribution in [0.15, 0.2) is 0 Å². The molecule has 2 amide bonds. The molecule has 0 rings (SSSR count). The van der Waals surface area contributed by atoms with Gasteiger partial charge in [-0.25, -0.2) is 0 Å². The summed E-state index contributed by atoms with van der Waals surface area (Å²) >= 11 is 0. The van der Waals surface area contributed by atoms with Gasteiger partial charge in [0.25, 0.3) is 0 Å². The van der Waals surface area contributed by atoms with E-state index in [2.05, 4.69) is 24.5 Å². The monoisotopic (exact) mass is 438 g/mol. The second-order valence-electron chi connectivity index (χ2n) is 9.59. The fraction of sp³-hybridized carbons (Fsp3) is 0.926. The Kier molecular flexibility index (Phi) is 21.4. The van der Waals surface area contributed by atoms with E-state index in [-0.39, 0.29) is 30.3 Å². The standard InChI is InChI=1S/C27H54N2O2/c1-5-7-9-11-13-15-17-19-21-24(3)26(30)28-23-29-27(31)25(4)22-20-18-16-14-12-10-8-6-2/h24-25H,5-23H2,1-4H3,(H,28,30)(H,29,31)/t24-,25-/m0/s1. The van der Waals surface area contributed by atoms with Crippen LogP contribution in [0, 0.1) is 11.8 Å². The minimum Gasteiger partial charge on any atom is -0.338 e. The van der Waals surface area contributed by atoms with Crippen LogP contribution in [0.3, 0.4) is 0 Å². The fourth-order valence-corrected chi connectivity index (χ4v) is 4.00. The molecule has 0 aliphatic rings. The van der Waals surface area contributed by atoms with Crippen molar-refractivity contribution in [2.75, 3.05) is 6.67 Å². The number of rotatable bonds is 22. The third-order valence-corrected chi connectivity index (χ3v) is 6.40. The normalized spacial score (nSPS) is 13.0. The van der Waals surface area contributed by atoms with Gasteiger partial charge >= 0.3 is 0 Å². The Balaban J connectivity index is 3.63. The molecule has 0 bridgehead atoms. The molecule has 4 nitrogen and oxygen atoms in total. The number of nitrogens with one attached hydrogen (secondary N) is 2. The Hall–Kier alpha value is -1.06. The van der Waals surface area contributed by atoms with Gasteiger partial charge in [0.2, 0.25) is 11.8 Å². The van der Waals surface area contributed by atoms with Gasteiger partial charge in [0.05, 0.1) is 6.67 Å². The Morgan fingerprint density at radius 3 is 1.13 bits per heavy atom. The highest BCUT2D eigenvalue weighted by atomic mass is 16.2. The largest absolute Gasteiger partial charge is 0.338 e. The number of carbonyl (C=O) groups is 2. The molecule has 0 aromatic heterocycles. The molecule has 0 aromatic rings. The zero-order chi connectivity index (χ0) is 23.2. The average molecular weight is 439 g/mol. The minimum absolute atomic E-state index is 0.0201. The molecule has 184 valence electrons. The van der Waals surface area contributed by atoms with Gasteiger partial charge in [0.1, 0.15) is 0 Å². The second-order valence-corrected chi connectivity index (χ2v) is 9.59. The minimum atomic E-state index is 0.0201. The van der Waals surface area contributed by atoms with Crippen molar-refractivity contribution in [3.05, 3.63) is 0 Å². The summed E-state index contributed by atoms with van der Waals surface area (Å²) < 4.78 is 0. The Labute approximate surface area is 194 Å². The SMILES string of the molecule is CCCCCCCCCC[C@H](C)C(=O)NCNC(=O)[C@@H](C)CCCCCCCCCC. The van der Waals surface area contributed by atoms with Gasteiger partial charge in [0.15, 0.2) is 0 Å². The van der Waals surface area contributed by atoms with Crippen molar-refractivity contribution in [2.24, 2.45) is 11.8 Å². The Morgan fingerprint density at radius 2 is 0.806 bits per heavy atom. The van der Waals surface area contributed by atoms with Gasteiger partial charge in [-0.3, -0.25) is 9.59 Å². The van der Waals surface area contributed by atoms with Crippen LogP contribution in [0.4, 0.5) is 0 Å². The van der Waals surface area contributed by atoms with Gasteiger partial charge in [0, 0.05) is 11.8 Å². The summed E-state index contributed by atoms with van der Waals surface area (Å²) in [6.45, 7) is 8.72. The maximum absolute atomic E-state index is 12.2. The summed E-state index contributed by atoms with van der Waals surface area (Å²) in [5.74, 6) is 0.149. The van der Waals surface area contributed by atoms with E-state index in [1.54, 1.807) is 0 Å². The van der Waals surface area contributed by atoms with Gasteiger partial charge in [-0.05, 0) is 12.8 Å². The molecule has 0 aliphatic heterocycles. The Morgan fingerprint density at radius 1 is 0.516 bits per heavy atom. The van der Waals surface area contributed by atoms with E-state index in [1.165, 1.54) is 89.9 Å². The number of carbonyl (C=O) groups excluding carboxylic acids is 2. The van der Waals surface area contributed by atoms with E-state index in [1.807, 2.05) is 13.8 Å². The predicted octanol–water partition coefficient (Wildman–Crippen LogP) is 7.51. The number of hydrogen-bond acceptors (Lipinski definition) is 2. The zero-order valence-electron chi connectivity index (χ0n) is 21.4. The topological polar surface area (TPSA) is 58.2 Å². The molecule has 0 radical (unpaired) electrons. The van der Waals surface area contributed by atoms with Crippen LogP contribution in [-0.4, -0.2) is 18.5 Å². The molecule has 31 heavy (non-hydrogen) atoms. The first-order chi connectivity index (χ1) is 15.0. The maximum Gasteiger partial charge on any atom is 0.224 e. The average Bonchev–Trinajstić information content (AvgIpc) is 2.76. The molecule has 4 heteroatoms. The van der Waals surface area contributed by atoms with Crippen LogP contribution in [0.5, 0.6) is 0 Å². The van der Waals surface area contributed by atoms with Crippen LogP contribution >= 0.6 is 0 Å². The first-order valence-electron chi connectivity index (χ1n) is 13.6. The van der Waals surface area contributed by atoms with Crippen molar-refractivity contribution in [2.45, 2.75) is 143 Å². The second kappa shape index (κ2) is 22.1. The molecule has 0 fully saturated rings.